The number of aromatic nitrogens is 1. The molecule has 0 spiro atoms. The van der Waals surface area contributed by atoms with Gasteiger partial charge in [0.05, 0.1) is 0 Å². The monoisotopic (exact) mass is 345 g/mol. The standard InChI is InChI=1S/C18H27N5S/c1-19-18(23(2)14-10-16-8-7-15-24-16)22-13-6-5-12-21-17-9-3-4-11-20-17/h3-4,7-9,11,15H,5-6,10,12-14H2,1-2H3,(H,19,22)(H,20,21). The number of guanidine groups is 1. The molecule has 0 bridgehead atoms. The Labute approximate surface area is 148 Å². The summed E-state index contributed by atoms with van der Waals surface area (Å²) in [4.78, 5) is 12.2. The van der Waals surface area contributed by atoms with Gasteiger partial charge in [0.15, 0.2) is 5.96 Å². The van der Waals surface area contributed by atoms with Crippen molar-refractivity contribution >= 4 is 23.1 Å². The van der Waals surface area contributed by atoms with Crippen LogP contribution in [0, 0.1) is 0 Å². The van der Waals surface area contributed by atoms with Crippen molar-refractivity contribution < 1.29 is 0 Å². The van der Waals surface area contributed by atoms with E-state index in [1.807, 2.05) is 36.6 Å². The Balaban J connectivity index is 1.57. The van der Waals surface area contributed by atoms with E-state index in [9.17, 15) is 0 Å². The summed E-state index contributed by atoms with van der Waals surface area (Å²) in [5.74, 6) is 1.90. The lowest BCUT2D eigenvalue weighted by molar-refractivity contribution is 0.485. The first-order valence-electron chi connectivity index (χ1n) is 8.38. The molecule has 130 valence electrons. The van der Waals surface area contributed by atoms with Gasteiger partial charge in [0.1, 0.15) is 5.82 Å². The van der Waals surface area contributed by atoms with Crippen molar-refractivity contribution in [2.24, 2.45) is 4.99 Å². The van der Waals surface area contributed by atoms with Gasteiger partial charge >= 0.3 is 0 Å². The van der Waals surface area contributed by atoms with Gasteiger partial charge in [-0.15, -0.1) is 11.3 Å². The van der Waals surface area contributed by atoms with Crippen LogP contribution in [0.4, 0.5) is 5.82 Å². The zero-order valence-electron chi connectivity index (χ0n) is 14.5. The van der Waals surface area contributed by atoms with Gasteiger partial charge < -0.3 is 15.5 Å². The molecule has 0 aliphatic carbocycles. The average molecular weight is 346 g/mol. The zero-order valence-corrected chi connectivity index (χ0v) is 15.4. The van der Waals surface area contributed by atoms with Crippen LogP contribution in [0.15, 0.2) is 46.9 Å². The van der Waals surface area contributed by atoms with E-state index in [1.165, 1.54) is 4.88 Å². The highest BCUT2D eigenvalue weighted by molar-refractivity contribution is 7.09. The molecule has 0 aromatic carbocycles. The van der Waals surface area contributed by atoms with Crippen LogP contribution >= 0.6 is 11.3 Å². The lowest BCUT2D eigenvalue weighted by atomic mass is 10.3. The number of pyridine rings is 1. The summed E-state index contributed by atoms with van der Waals surface area (Å²) in [6.07, 6.45) is 5.06. The third-order valence-electron chi connectivity index (χ3n) is 3.70. The first kappa shape index (κ1) is 18.3. The minimum Gasteiger partial charge on any atom is -0.370 e. The molecule has 24 heavy (non-hydrogen) atoms. The predicted molar refractivity (Wildman–Crippen MR) is 104 cm³/mol. The number of nitrogens with one attached hydrogen (secondary N) is 2. The normalized spacial score (nSPS) is 11.3. The highest BCUT2D eigenvalue weighted by atomic mass is 32.1. The molecular weight excluding hydrogens is 318 g/mol. The number of likely N-dealkylation sites (N-methyl/N-ethyl adjacent to an activating group) is 1. The molecule has 2 heterocycles. The van der Waals surface area contributed by atoms with Crippen LogP contribution in [0.2, 0.25) is 0 Å². The molecule has 0 saturated carbocycles. The van der Waals surface area contributed by atoms with Crippen LogP contribution in [0.3, 0.4) is 0 Å². The molecule has 2 aromatic rings. The largest absolute Gasteiger partial charge is 0.370 e. The Morgan fingerprint density at radius 2 is 2.08 bits per heavy atom. The van der Waals surface area contributed by atoms with Gasteiger partial charge in [-0.05, 0) is 42.8 Å². The minimum atomic E-state index is 0.930. The number of rotatable bonds is 9. The van der Waals surface area contributed by atoms with Crippen LogP contribution in [-0.4, -0.2) is 49.6 Å². The van der Waals surface area contributed by atoms with E-state index in [2.05, 4.69) is 50.1 Å². The molecule has 0 unspecified atom stereocenters. The average Bonchev–Trinajstić information content (AvgIpc) is 3.13. The number of unbranched alkanes of at least 4 members (excludes halogenated alkanes) is 1. The van der Waals surface area contributed by atoms with Crippen molar-refractivity contribution in [2.45, 2.75) is 19.3 Å². The number of anilines is 1. The molecule has 0 aliphatic rings. The van der Waals surface area contributed by atoms with Crippen LogP contribution in [0.5, 0.6) is 0 Å². The van der Waals surface area contributed by atoms with Gasteiger partial charge in [-0.3, -0.25) is 4.99 Å². The zero-order chi connectivity index (χ0) is 17.0. The Morgan fingerprint density at radius 1 is 1.21 bits per heavy atom. The highest BCUT2D eigenvalue weighted by Crippen LogP contribution is 2.09. The van der Waals surface area contributed by atoms with E-state index >= 15 is 0 Å². The maximum Gasteiger partial charge on any atom is 0.193 e. The lowest BCUT2D eigenvalue weighted by Crippen LogP contribution is -2.40. The van der Waals surface area contributed by atoms with E-state index < -0.39 is 0 Å². The Morgan fingerprint density at radius 3 is 2.79 bits per heavy atom. The predicted octanol–water partition coefficient (Wildman–Crippen LogP) is 3.09. The van der Waals surface area contributed by atoms with Crippen LogP contribution in [0.1, 0.15) is 17.7 Å². The molecule has 6 heteroatoms. The van der Waals surface area contributed by atoms with Crippen molar-refractivity contribution in [3.05, 3.63) is 46.8 Å². The molecule has 2 N–H and O–H groups in total. The van der Waals surface area contributed by atoms with Crippen LogP contribution < -0.4 is 10.6 Å². The Hall–Kier alpha value is -2.08. The third-order valence-corrected chi connectivity index (χ3v) is 4.64. The fourth-order valence-corrected chi connectivity index (χ4v) is 3.06. The van der Waals surface area contributed by atoms with E-state index in [-0.39, 0.29) is 0 Å². The fraction of sp³-hybridized carbons (Fsp3) is 0.444. The summed E-state index contributed by atoms with van der Waals surface area (Å²) >= 11 is 1.81. The van der Waals surface area contributed by atoms with Gasteiger partial charge in [0, 0.05) is 44.8 Å². The topological polar surface area (TPSA) is 52.6 Å². The van der Waals surface area contributed by atoms with Gasteiger partial charge in [0.2, 0.25) is 0 Å². The molecule has 2 aromatic heterocycles. The van der Waals surface area contributed by atoms with Crippen LogP contribution in [0.25, 0.3) is 0 Å². The molecule has 0 fully saturated rings. The molecule has 5 nitrogen and oxygen atoms in total. The van der Waals surface area contributed by atoms with Gasteiger partial charge in [-0.25, -0.2) is 4.98 Å². The maximum atomic E-state index is 4.36. The Bertz CT molecular complexity index is 583. The van der Waals surface area contributed by atoms with Crippen molar-refractivity contribution in [1.82, 2.24) is 15.2 Å². The molecule has 0 atom stereocenters. The Kier molecular flexibility index (Phi) is 8.10. The summed E-state index contributed by atoms with van der Waals surface area (Å²) in [5, 5.41) is 8.89. The second-order valence-corrected chi connectivity index (χ2v) is 6.61. The summed E-state index contributed by atoms with van der Waals surface area (Å²) in [7, 11) is 3.93. The lowest BCUT2D eigenvalue weighted by Gasteiger charge is -2.21. The summed E-state index contributed by atoms with van der Waals surface area (Å²) in [6, 6.07) is 10.2. The molecular formula is C18H27N5S. The number of nitrogens with zero attached hydrogens (tertiary/aromatic N) is 3. The SMILES string of the molecule is CN=C(NCCCCNc1ccccn1)N(C)CCc1cccs1. The number of hydrogen-bond acceptors (Lipinski definition) is 4. The minimum absolute atomic E-state index is 0.930. The van der Waals surface area contributed by atoms with Crippen molar-refractivity contribution in [1.29, 1.82) is 0 Å². The molecule has 0 aliphatic heterocycles. The van der Waals surface area contributed by atoms with Gasteiger partial charge in [-0.2, -0.15) is 0 Å². The first-order valence-corrected chi connectivity index (χ1v) is 9.26. The highest BCUT2D eigenvalue weighted by Gasteiger charge is 2.05. The summed E-state index contributed by atoms with van der Waals surface area (Å²) in [6.45, 7) is 2.84. The van der Waals surface area contributed by atoms with Crippen molar-refractivity contribution in [2.75, 3.05) is 39.0 Å². The molecule has 2 rings (SSSR count). The number of hydrogen-bond donors (Lipinski definition) is 2. The van der Waals surface area contributed by atoms with Crippen molar-refractivity contribution in [3.8, 4) is 0 Å². The first-order chi connectivity index (χ1) is 11.8. The molecule has 0 radical (unpaired) electrons. The van der Waals surface area contributed by atoms with Crippen LogP contribution in [-0.2, 0) is 6.42 Å². The smallest absolute Gasteiger partial charge is 0.193 e. The fourth-order valence-electron chi connectivity index (χ4n) is 2.36. The second kappa shape index (κ2) is 10.6. The van der Waals surface area contributed by atoms with Gasteiger partial charge in [-0.1, -0.05) is 12.1 Å². The molecule has 0 saturated heterocycles. The van der Waals surface area contributed by atoms with Gasteiger partial charge in [0.25, 0.3) is 0 Å². The summed E-state index contributed by atoms with van der Waals surface area (Å²) < 4.78 is 0. The third kappa shape index (κ3) is 6.58. The maximum absolute atomic E-state index is 4.36. The van der Waals surface area contributed by atoms with E-state index in [0.29, 0.717) is 0 Å². The summed E-state index contributed by atoms with van der Waals surface area (Å²) in [5.41, 5.74) is 0. The number of thiophene rings is 1. The second-order valence-electron chi connectivity index (χ2n) is 5.57. The molecule has 0 amide bonds. The van der Waals surface area contributed by atoms with E-state index in [0.717, 1.165) is 50.7 Å². The number of aliphatic imine (C=N–C) groups is 1. The quantitative estimate of drug-likeness (QED) is 0.417. The van der Waals surface area contributed by atoms with E-state index in [1.54, 1.807) is 6.20 Å². The van der Waals surface area contributed by atoms with E-state index in [4.69, 9.17) is 0 Å². The van der Waals surface area contributed by atoms with Crippen molar-refractivity contribution in [3.63, 3.8) is 0 Å².